The number of nitrogens with zero attached hydrogens (tertiary/aromatic N) is 2. The summed E-state index contributed by atoms with van der Waals surface area (Å²) < 4.78 is 21.0. The van der Waals surface area contributed by atoms with Gasteiger partial charge in [-0.05, 0) is 6.42 Å². The highest BCUT2D eigenvalue weighted by atomic mass is 32.1. The van der Waals surface area contributed by atoms with Gasteiger partial charge in [-0.25, -0.2) is 0 Å². The monoisotopic (exact) mass is 319 g/mol. The van der Waals surface area contributed by atoms with Gasteiger partial charge < -0.3 is 24.3 Å². The van der Waals surface area contributed by atoms with E-state index in [1.54, 1.807) is 7.11 Å². The highest BCUT2D eigenvalue weighted by Crippen LogP contribution is 2.15. The summed E-state index contributed by atoms with van der Waals surface area (Å²) in [6.07, 6.45) is 1.07. The molecular formula is C13H25N3O4S. The third-order valence-corrected chi connectivity index (χ3v) is 3.25. The van der Waals surface area contributed by atoms with Crippen LogP contribution in [-0.2, 0) is 25.6 Å². The molecule has 1 aromatic heterocycles. The summed E-state index contributed by atoms with van der Waals surface area (Å²) in [5.74, 6) is 0. The molecule has 7 nitrogen and oxygen atoms in total. The maximum atomic E-state index is 5.48. The lowest BCUT2D eigenvalue weighted by Crippen LogP contribution is -2.11. The van der Waals surface area contributed by atoms with Crippen LogP contribution < -0.4 is 5.32 Å². The molecule has 0 unspecified atom stereocenters. The van der Waals surface area contributed by atoms with Crippen molar-refractivity contribution in [2.24, 2.45) is 0 Å². The fraction of sp³-hybridized carbons (Fsp3) is 0.846. The zero-order valence-corrected chi connectivity index (χ0v) is 13.6. The van der Waals surface area contributed by atoms with Crippen LogP contribution >= 0.6 is 11.3 Å². The quantitative estimate of drug-likeness (QED) is 0.521. The Labute approximate surface area is 129 Å². The molecule has 1 rings (SSSR count). The van der Waals surface area contributed by atoms with Gasteiger partial charge in [-0.3, -0.25) is 0 Å². The lowest BCUT2D eigenvalue weighted by molar-refractivity contribution is 0.000794. The summed E-state index contributed by atoms with van der Waals surface area (Å²) in [5.41, 5.74) is 0. The van der Waals surface area contributed by atoms with Crippen molar-refractivity contribution in [2.45, 2.75) is 20.0 Å². The average Bonchev–Trinajstić information content (AvgIpc) is 2.95. The number of anilines is 1. The second-order valence-corrected chi connectivity index (χ2v) is 5.26. The number of methoxy groups -OCH3 is 1. The number of aromatic nitrogens is 2. The van der Waals surface area contributed by atoms with Crippen molar-refractivity contribution in [3.05, 3.63) is 5.01 Å². The Kier molecular flexibility index (Phi) is 11.2. The van der Waals surface area contributed by atoms with E-state index in [9.17, 15) is 0 Å². The molecule has 1 N–H and O–H groups in total. The number of hydrogen-bond donors (Lipinski definition) is 1. The molecule has 122 valence electrons. The van der Waals surface area contributed by atoms with Gasteiger partial charge in [0.25, 0.3) is 0 Å². The van der Waals surface area contributed by atoms with Crippen molar-refractivity contribution in [1.82, 2.24) is 10.2 Å². The highest BCUT2D eigenvalue weighted by molar-refractivity contribution is 7.15. The first-order chi connectivity index (χ1) is 10.4. The van der Waals surface area contributed by atoms with Crippen LogP contribution in [0.3, 0.4) is 0 Å². The molecule has 0 aliphatic carbocycles. The van der Waals surface area contributed by atoms with E-state index in [1.165, 1.54) is 11.3 Å². The fourth-order valence-electron chi connectivity index (χ4n) is 1.36. The van der Waals surface area contributed by atoms with Crippen LogP contribution in [0.15, 0.2) is 0 Å². The smallest absolute Gasteiger partial charge is 0.205 e. The maximum Gasteiger partial charge on any atom is 0.205 e. The Morgan fingerprint density at radius 1 is 0.952 bits per heavy atom. The third kappa shape index (κ3) is 9.70. The van der Waals surface area contributed by atoms with Crippen LogP contribution in [0.1, 0.15) is 18.4 Å². The van der Waals surface area contributed by atoms with E-state index in [1.807, 2.05) is 0 Å². The molecule has 0 spiro atoms. The minimum Gasteiger partial charge on any atom is -0.382 e. The molecule has 0 fully saturated rings. The van der Waals surface area contributed by atoms with Gasteiger partial charge in [0, 0.05) is 13.7 Å². The molecule has 0 aliphatic heterocycles. The van der Waals surface area contributed by atoms with Crippen LogP contribution in [0.5, 0.6) is 0 Å². The molecule has 0 bridgehead atoms. The molecule has 21 heavy (non-hydrogen) atoms. The van der Waals surface area contributed by atoms with Crippen LogP contribution in [0.25, 0.3) is 0 Å². The Morgan fingerprint density at radius 2 is 1.62 bits per heavy atom. The van der Waals surface area contributed by atoms with Crippen molar-refractivity contribution < 1.29 is 18.9 Å². The summed E-state index contributed by atoms with van der Waals surface area (Å²) in [4.78, 5) is 0. The van der Waals surface area contributed by atoms with Crippen LogP contribution in [0.4, 0.5) is 5.13 Å². The predicted molar refractivity (Wildman–Crippen MR) is 81.9 cm³/mol. The number of ether oxygens (including phenoxy) is 4. The number of rotatable bonds is 14. The van der Waals surface area contributed by atoms with Gasteiger partial charge in [-0.2, -0.15) is 0 Å². The van der Waals surface area contributed by atoms with Crippen LogP contribution in [0.2, 0.25) is 0 Å². The predicted octanol–water partition coefficient (Wildman–Crippen LogP) is 1.56. The third-order valence-electron chi connectivity index (χ3n) is 2.39. The minimum atomic E-state index is 0.471. The van der Waals surface area contributed by atoms with E-state index in [2.05, 4.69) is 22.4 Å². The first-order valence-electron chi connectivity index (χ1n) is 7.15. The molecular weight excluding hydrogens is 294 g/mol. The summed E-state index contributed by atoms with van der Waals surface area (Å²) in [6, 6.07) is 0. The second kappa shape index (κ2) is 12.9. The van der Waals surface area contributed by atoms with E-state index in [4.69, 9.17) is 18.9 Å². The summed E-state index contributed by atoms with van der Waals surface area (Å²) in [7, 11) is 1.65. The Hall–Kier alpha value is -0.800. The van der Waals surface area contributed by atoms with Gasteiger partial charge >= 0.3 is 0 Å². The molecule has 1 aromatic rings. The van der Waals surface area contributed by atoms with Gasteiger partial charge in [0.2, 0.25) is 5.13 Å². The minimum absolute atomic E-state index is 0.471. The van der Waals surface area contributed by atoms with Crippen LogP contribution in [-0.4, -0.2) is 63.5 Å². The summed E-state index contributed by atoms with van der Waals surface area (Å²) in [5, 5.41) is 13.0. The Bertz CT molecular complexity index is 352. The number of hydrogen-bond acceptors (Lipinski definition) is 8. The molecule has 0 amide bonds. The van der Waals surface area contributed by atoms with Gasteiger partial charge in [-0.1, -0.05) is 18.3 Å². The fourth-order valence-corrected chi connectivity index (χ4v) is 2.06. The molecule has 0 atom stereocenters. The van der Waals surface area contributed by atoms with Crippen LogP contribution in [0, 0.1) is 0 Å². The maximum absolute atomic E-state index is 5.48. The van der Waals surface area contributed by atoms with Gasteiger partial charge in [-0.15, -0.1) is 10.2 Å². The highest BCUT2D eigenvalue weighted by Gasteiger charge is 2.03. The molecule has 0 aromatic carbocycles. The molecule has 1 heterocycles. The average molecular weight is 319 g/mol. The van der Waals surface area contributed by atoms with Crippen molar-refractivity contribution in [3.8, 4) is 0 Å². The van der Waals surface area contributed by atoms with Crippen molar-refractivity contribution in [1.29, 1.82) is 0 Å². The molecule has 0 saturated carbocycles. The van der Waals surface area contributed by atoms with Gasteiger partial charge in [0.05, 0.1) is 39.6 Å². The van der Waals surface area contributed by atoms with Gasteiger partial charge in [0.1, 0.15) is 11.6 Å². The lowest BCUT2D eigenvalue weighted by atomic mass is 10.5. The molecule has 0 saturated heterocycles. The largest absolute Gasteiger partial charge is 0.382 e. The zero-order valence-electron chi connectivity index (χ0n) is 12.8. The van der Waals surface area contributed by atoms with E-state index in [0.29, 0.717) is 46.2 Å². The van der Waals surface area contributed by atoms with Gasteiger partial charge in [0.15, 0.2) is 0 Å². The standard InChI is InChI=1S/C13H25N3O4S/c1-3-4-14-13-16-15-12(21-13)11-20-10-9-19-8-7-18-6-5-17-2/h3-11H2,1-2H3,(H,14,16). The molecule has 8 heteroatoms. The normalized spacial score (nSPS) is 11.0. The molecule has 0 aliphatic rings. The van der Waals surface area contributed by atoms with E-state index >= 15 is 0 Å². The van der Waals surface area contributed by atoms with E-state index in [0.717, 1.165) is 23.1 Å². The summed E-state index contributed by atoms with van der Waals surface area (Å²) >= 11 is 1.52. The topological polar surface area (TPSA) is 74.7 Å². The van der Waals surface area contributed by atoms with Crippen molar-refractivity contribution >= 4 is 16.5 Å². The summed E-state index contributed by atoms with van der Waals surface area (Å²) in [6.45, 7) is 6.93. The first kappa shape index (κ1) is 18.2. The Morgan fingerprint density at radius 3 is 2.29 bits per heavy atom. The van der Waals surface area contributed by atoms with E-state index < -0.39 is 0 Å². The SMILES string of the molecule is CCCNc1nnc(COCCOCCOCCOC)s1. The van der Waals surface area contributed by atoms with Crippen molar-refractivity contribution in [2.75, 3.05) is 58.6 Å². The second-order valence-electron chi connectivity index (χ2n) is 4.20. The Balaban J connectivity index is 1.91. The first-order valence-corrected chi connectivity index (χ1v) is 7.97. The van der Waals surface area contributed by atoms with E-state index in [-0.39, 0.29) is 0 Å². The lowest BCUT2D eigenvalue weighted by Gasteiger charge is -2.05. The zero-order chi connectivity index (χ0) is 15.2. The molecule has 0 radical (unpaired) electrons. The van der Waals surface area contributed by atoms with Crippen molar-refractivity contribution in [3.63, 3.8) is 0 Å². The number of nitrogens with one attached hydrogen (secondary N) is 1.